The van der Waals surface area contributed by atoms with Crippen LogP contribution in [0.5, 0.6) is 0 Å². The summed E-state index contributed by atoms with van der Waals surface area (Å²) in [6.07, 6.45) is 0. The molecule has 0 aliphatic rings. The molecule has 1 aromatic rings. The van der Waals surface area contributed by atoms with E-state index in [1.807, 2.05) is 0 Å². The molecule has 0 heterocycles. The Hall–Kier alpha value is -1.80. The summed E-state index contributed by atoms with van der Waals surface area (Å²) in [5, 5.41) is 10.6. The lowest BCUT2D eigenvalue weighted by Gasteiger charge is -2.16. The standard InChI is InChI=1S/C12H16N2O5S/c1-12(2,3)11(15)8-13-20(18,19)10-6-4-5-9(7-10)14(16)17/h4-7,13H,8H2,1-3H3. The molecule has 0 fully saturated rings. The van der Waals surface area contributed by atoms with Gasteiger partial charge in [-0.2, -0.15) is 0 Å². The van der Waals surface area contributed by atoms with Gasteiger partial charge in [0.2, 0.25) is 10.0 Å². The minimum atomic E-state index is -3.95. The van der Waals surface area contributed by atoms with Gasteiger partial charge in [0.25, 0.3) is 5.69 Å². The predicted octanol–water partition coefficient (Wildman–Crippen LogP) is 1.49. The van der Waals surface area contributed by atoms with Crippen LogP contribution < -0.4 is 4.72 Å². The van der Waals surface area contributed by atoms with E-state index in [4.69, 9.17) is 0 Å². The highest BCUT2D eigenvalue weighted by molar-refractivity contribution is 7.89. The number of ketones is 1. The van der Waals surface area contributed by atoms with Gasteiger partial charge in [0, 0.05) is 17.5 Å². The van der Waals surface area contributed by atoms with Crippen molar-refractivity contribution >= 4 is 21.5 Å². The molecule has 1 aromatic carbocycles. The number of rotatable bonds is 5. The molecular formula is C12H16N2O5S. The van der Waals surface area contributed by atoms with Crippen molar-refractivity contribution in [2.24, 2.45) is 5.41 Å². The molecule has 0 spiro atoms. The number of hydrogen-bond acceptors (Lipinski definition) is 5. The first-order valence-corrected chi connectivity index (χ1v) is 7.30. The van der Waals surface area contributed by atoms with E-state index in [1.54, 1.807) is 20.8 Å². The van der Waals surface area contributed by atoms with Crippen LogP contribution in [0.15, 0.2) is 29.2 Å². The zero-order valence-corrected chi connectivity index (χ0v) is 12.2. The van der Waals surface area contributed by atoms with Gasteiger partial charge in [-0.05, 0) is 6.07 Å². The highest BCUT2D eigenvalue weighted by Crippen LogP contribution is 2.18. The monoisotopic (exact) mass is 300 g/mol. The number of carbonyl (C=O) groups is 1. The van der Waals surface area contributed by atoms with Crippen molar-refractivity contribution < 1.29 is 18.1 Å². The Kier molecular flexibility index (Phi) is 4.61. The predicted molar refractivity (Wildman–Crippen MR) is 72.7 cm³/mol. The third-order valence-corrected chi connectivity index (χ3v) is 4.00. The van der Waals surface area contributed by atoms with Crippen molar-refractivity contribution in [3.8, 4) is 0 Å². The zero-order valence-electron chi connectivity index (χ0n) is 11.4. The topological polar surface area (TPSA) is 106 Å². The van der Waals surface area contributed by atoms with Crippen molar-refractivity contribution in [2.45, 2.75) is 25.7 Å². The molecule has 1 rings (SSSR count). The van der Waals surface area contributed by atoms with Gasteiger partial charge in [-0.15, -0.1) is 0 Å². The first kappa shape index (κ1) is 16.3. The molecule has 0 amide bonds. The molecular weight excluding hydrogens is 284 g/mol. The van der Waals surface area contributed by atoms with E-state index in [-0.39, 0.29) is 22.9 Å². The molecule has 0 unspecified atom stereocenters. The van der Waals surface area contributed by atoms with E-state index in [2.05, 4.69) is 4.72 Å². The molecule has 1 N–H and O–H groups in total. The van der Waals surface area contributed by atoms with Crippen LogP contribution in [0.25, 0.3) is 0 Å². The maximum atomic E-state index is 12.0. The van der Waals surface area contributed by atoms with Gasteiger partial charge in [-0.25, -0.2) is 13.1 Å². The van der Waals surface area contributed by atoms with E-state index in [0.29, 0.717) is 0 Å². The fourth-order valence-corrected chi connectivity index (χ4v) is 2.29. The Labute approximate surface area is 117 Å². The molecule has 0 saturated carbocycles. The van der Waals surface area contributed by atoms with Gasteiger partial charge >= 0.3 is 0 Å². The summed E-state index contributed by atoms with van der Waals surface area (Å²) in [6, 6.07) is 4.65. The second-order valence-electron chi connectivity index (χ2n) is 5.25. The normalized spacial score (nSPS) is 12.2. The largest absolute Gasteiger partial charge is 0.298 e. The lowest BCUT2D eigenvalue weighted by atomic mass is 9.91. The molecule has 0 aliphatic heterocycles. The lowest BCUT2D eigenvalue weighted by Crippen LogP contribution is -2.35. The number of Topliss-reactive ketones (excluding diaryl/α,β-unsaturated/α-hetero) is 1. The average molecular weight is 300 g/mol. The number of nitrogens with one attached hydrogen (secondary N) is 1. The number of nitro groups is 1. The molecule has 8 heteroatoms. The van der Waals surface area contributed by atoms with Gasteiger partial charge < -0.3 is 0 Å². The maximum Gasteiger partial charge on any atom is 0.270 e. The SMILES string of the molecule is CC(C)(C)C(=O)CNS(=O)(=O)c1cccc([N+](=O)[O-])c1. The summed E-state index contributed by atoms with van der Waals surface area (Å²) in [6.45, 7) is 4.68. The van der Waals surface area contributed by atoms with Crippen molar-refractivity contribution in [3.05, 3.63) is 34.4 Å². The molecule has 0 radical (unpaired) electrons. The number of sulfonamides is 1. The van der Waals surface area contributed by atoms with Crippen LogP contribution in [0.3, 0.4) is 0 Å². The molecule has 20 heavy (non-hydrogen) atoms. The van der Waals surface area contributed by atoms with Crippen molar-refractivity contribution in [1.82, 2.24) is 4.72 Å². The third kappa shape index (κ3) is 4.10. The van der Waals surface area contributed by atoms with Crippen LogP contribution in [-0.4, -0.2) is 25.7 Å². The Balaban J connectivity index is 2.92. The van der Waals surface area contributed by atoms with Crippen LogP contribution in [0.2, 0.25) is 0 Å². The quantitative estimate of drug-likeness (QED) is 0.655. The number of benzene rings is 1. The first-order chi connectivity index (χ1) is 9.04. The fourth-order valence-electron chi connectivity index (χ4n) is 1.27. The minimum Gasteiger partial charge on any atom is -0.298 e. The zero-order chi connectivity index (χ0) is 15.6. The van der Waals surface area contributed by atoms with Gasteiger partial charge in [0.1, 0.15) is 0 Å². The fraction of sp³-hybridized carbons (Fsp3) is 0.417. The number of hydrogen-bond donors (Lipinski definition) is 1. The Morgan fingerprint density at radius 1 is 1.35 bits per heavy atom. The van der Waals surface area contributed by atoms with Gasteiger partial charge in [-0.3, -0.25) is 14.9 Å². The van der Waals surface area contributed by atoms with E-state index in [1.165, 1.54) is 18.2 Å². The first-order valence-electron chi connectivity index (χ1n) is 5.81. The number of non-ortho nitro benzene ring substituents is 1. The van der Waals surface area contributed by atoms with Crippen molar-refractivity contribution in [3.63, 3.8) is 0 Å². The summed E-state index contributed by atoms with van der Waals surface area (Å²) in [5.41, 5.74) is -0.986. The second-order valence-corrected chi connectivity index (χ2v) is 7.02. The van der Waals surface area contributed by atoms with Gasteiger partial charge in [0.05, 0.1) is 16.4 Å². The van der Waals surface area contributed by atoms with Gasteiger partial charge in [0.15, 0.2) is 5.78 Å². The summed E-state index contributed by atoms with van der Waals surface area (Å²) in [4.78, 5) is 21.4. The summed E-state index contributed by atoms with van der Waals surface area (Å²) in [5.74, 6) is -0.272. The number of nitrogens with zero attached hydrogens (tertiary/aromatic N) is 1. The summed E-state index contributed by atoms with van der Waals surface area (Å²) < 4.78 is 26.1. The Morgan fingerprint density at radius 3 is 2.45 bits per heavy atom. The highest BCUT2D eigenvalue weighted by atomic mass is 32.2. The molecule has 7 nitrogen and oxygen atoms in total. The molecule has 0 bridgehead atoms. The number of nitro benzene ring substituents is 1. The lowest BCUT2D eigenvalue weighted by molar-refractivity contribution is -0.385. The summed E-state index contributed by atoms with van der Waals surface area (Å²) in [7, 11) is -3.95. The molecule has 0 aromatic heterocycles. The Bertz CT molecular complexity index is 631. The van der Waals surface area contributed by atoms with Crippen molar-refractivity contribution in [1.29, 1.82) is 0 Å². The molecule has 0 saturated heterocycles. The third-order valence-electron chi connectivity index (χ3n) is 2.60. The molecule has 110 valence electrons. The van der Waals surface area contributed by atoms with Gasteiger partial charge in [-0.1, -0.05) is 26.8 Å². The highest BCUT2D eigenvalue weighted by Gasteiger charge is 2.24. The smallest absolute Gasteiger partial charge is 0.270 e. The summed E-state index contributed by atoms with van der Waals surface area (Å²) >= 11 is 0. The maximum absolute atomic E-state index is 12.0. The second kappa shape index (κ2) is 5.68. The minimum absolute atomic E-state index is 0.242. The van der Waals surface area contributed by atoms with Crippen LogP contribution in [0.4, 0.5) is 5.69 Å². The molecule has 0 aliphatic carbocycles. The molecule has 0 atom stereocenters. The van der Waals surface area contributed by atoms with Crippen LogP contribution >= 0.6 is 0 Å². The van der Waals surface area contributed by atoms with E-state index in [9.17, 15) is 23.3 Å². The van der Waals surface area contributed by atoms with E-state index in [0.717, 1.165) is 6.07 Å². The van der Waals surface area contributed by atoms with E-state index >= 15 is 0 Å². The van der Waals surface area contributed by atoms with Crippen LogP contribution in [0, 0.1) is 15.5 Å². The number of carbonyl (C=O) groups excluding carboxylic acids is 1. The van der Waals surface area contributed by atoms with Crippen molar-refractivity contribution in [2.75, 3.05) is 6.54 Å². The van der Waals surface area contributed by atoms with E-state index < -0.39 is 20.4 Å². The van der Waals surface area contributed by atoms with Crippen LogP contribution in [-0.2, 0) is 14.8 Å². The van der Waals surface area contributed by atoms with Crippen LogP contribution in [0.1, 0.15) is 20.8 Å². The average Bonchev–Trinajstić information content (AvgIpc) is 2.35. The Morgan fingerprint density at radius 2 is 1.95 bits per heavy atom.